The molecular weight excluding hydrogens is 320 g/mol. The van der Waals surface area contributed by atoms with E-state index < -0.39 is 0 Å². The summed E-state index contributed by atoms with van der Waals surface area (Å²) in [4.78, 5) is 21.3. The molecule has 1 aliphatic rings. The molecule has 0 radical (unpaired) electrons. The first-order chi connectivity index (χ1) is 11.8. The summed E-state index contributed by atoms with van der Waals surface area (Å²) in [5.74, 6) is 1.82. The first-order valence-electron chi connectivity index (χ1n) is 8.14. The number of aromatic nitrogens is 3. The molecule has 4 rings (SSSR count). The van der Waals surface area contributed by atoms with Crippen LogP contribution in [0, 0.1) is 0 Å². The highest BCUT2D eigenvalue weighted by atomic mass is 32.1. The van der Waals surface area contributed by atoms with Gasteiger partial charge in [0, 0.05) is 23.9 Å². The maximum atomic E-state index is 12.3. The monoisotopic (exact) mass is 338 g/mol. The summed E-state index contributed by atoms with van der Waals surface area (Å²) in [7, 11) is 0. The van der Waals surface area contributed by atoms with Gasteiger partial charge in [-0.2, -0.15) is 0 Å². The van der Waals surface area contributed by atoms with Crippen molar-refractivity contribution in [1.82, 2.24) is 14.5 Å². The number of nitrogens with one attached hydrogen (secondary N) is 1. The number of imidazole rings is 1. The lowest BCUT2D eigenvalue weighted by atomic mass is 10.2. The predicted molar refractivity (Wildman–Crippen MR) is 95.0 cm³/mol. The topological polar surface area (TPSA) is 59.8 Å². The van der Waals surface area contributed by atoms with Crippen molar-refractivity contribution in [2.24, 2.45) is 0 Å². The highest BCUT2D eigenvalue weighted by Crippen LogP contribution is 2.24. The van der Waals surface area contributed by atoms with E-state index >= 15 is 0 Å². The number of fused-ring (bicyclic) bond motifs is 1. The van der Waals surface area contributed by atoms with Crippen LogP contribution in [-0.4, -0.2) is 20.4 Å². The Morgan fingerprint density at radius 3 is 3.00 bits per heavy atom. The maximum absolute atomic E-state index is 12.3. The van der Waals surface area contributed by atoms with Gasteiger partial charge in [-0.1, -0.05) is 30.3 Å². The second-order valence-electron chi connectivity index (χ2n) is 5.90. The summed E-state index contributed by atoms with van der Waals surface area (Å²) in [6, 6.07) is 10.0. The summed E-state index contributed by atoms with van der Waals surface area (Å²) in [5, 5.41) is 5.87. The van der Waals surface area contributed by atoms with Crippen LogP contribution in [0.1, 0.15) is 24.4 Å². The van der Waals surface area contributed by atoms with E-state index in [4.69, 9.17) is 0 Å². The Bertz CT molecular complexity index is 853. The zero-order valence-corrected chi connectivity index (χ0v) is 14.1. The van der Waals surface area contributed by atoms with Crippen LogP contribution in [0.15, 0.2) is 41.9 Å². The maximum Gasteiger partial charge on any atom is 0.231 e. The Hall–Kier alpha value is -2.47. The van der Waals surface area contributed by atoms with Crippen LogP contribution in [0.3, 0.4) is 0 Å². The van der Waals surface area contributed by atoms with Gasteiger partial charge in [0.05, 0.1) is 18.3 Å². The first-order valence-corrected chi connectivity index (χ1v) is 9.01. The molecular formula is C18H18N4OS. The van der Waals surface area contributed by atoms with Crippen LogP contribution in [0.25, 0.3) is 10.6 Å². The number of thiazole rings is 1. The van der Waals surface area contributed by atoms with Gasteiger partial charge in [-0.3, -0.25) is 4.79 Å². The smallest absolute Gasteiger partial charge is 0.231 e. The van der Waals surface area contributed by atoms with Crippen LogP contribution in [0.2, 0.25) is 0 Å². The van der Waals surface area contributed by atoms with Gasteiger partial charge in [0.25, 0.3) is 0 Å². The summed E-state index contributed by atoms with van der Waals surface area (Å²) < 4.78 is 2.11. The van der Waals surface area contributed by atoms with Gasteiger partial charge >= 0.3 is 0 Å². The van der Waals surface area contributed by atoms with E-state index in [0.29, 0.717) is 0 Å². The average molecular weight is 338 g/mol. The number of rotatable bonds is 4. The molecule has 0 saturated carbocycles. The minimum Gasteiger partial charge on any atom is -0.315 e. The fourth-order valence-corrected chi connectivity index (χ4v) is 3.79. The molecule has 0 bridgehead atoms. The van der Waals surface area contributed by atoms with Crippen molar-refractivity contribution in [2.45, 2.75) is 32.2 Å². The number of amides is 1. The molecule has 2 aromatic heterocycles. The van der Waals surface area contributed by atoms with E-state index in [1.807, 2.05) is 35.7 Å². The molecule has 3 heterocycles. The molecule has 6 heteroatoms. The van der Waals surface area contributed by atoms with Gasteiger partial charge in [-0.05, 0) is 12.8 Å². The molecule has 0 fully saturated rings. The van der Waals surface area contributed by atoms with Gasteiger partial charge in [-0.15, -0.1) is 11.3 Å². The zero-order valence-electron chi connectivity index (χ0n) is 13.2. The Kier molecular flexibility index (Phi) is 4.13. The fraction of sp³-hybridized carbons (Fsp3) is 0.278. The molecule has 0 saturated heterocycles. The van der Waals surface area contributed by atoms with Crippen LogP contribution >= 0.6 is 11.3 Å². The summed E-state index contributed by atoms with van der Waals surface area (Å²) in [5.41, 5.74) is 1.88. The third-order valence-electron chi connectivity index (χ3n) is 4.15. The van der Waals surface area contributed by atoms with Crippen molar-refractivity contribution in [3.8, 4) is 10.6 Å². The lowest BCUT2D eigenvalue weighted by Crippen LogP contribution is -2.19. The second-order valence-corrected chi connectivity index (χ2v) is 6.76. The van der Waals surface area contributed by atoms with Crippen molar-refractivity contribution in [3.63, 3.8) is 0 Å². The largest absolute Gasteiger partial charge is 0.315 e. The molecule has 1 N–H and O–H groups in total. The molecule has 0 unspecified atom stereocenters. The number of aryl methyl sites for hydroxylation is 1. The van der Waals surface area contributed by atoms with Gasteiger partial charge in [0.15, 0.2) is 0 Å². The van der Waals surface area contributed by atoms with Gasteiger partial charge in [0.1, 0.15) is 16.6 Å². The molecule has 24 heavy (non-hydrogen) atoms. The van der Waals surface area contributed by atoms with E-state index in [1.165, 1.54) is 6.42 Å². The quantitative estimate of drug-likeness (QED) is 0.792. The number of benzene rings is 1. The summed E-state index contributed by atoms with van der Waals surface area (Å²) >= 11 is 1.57. The van der Waals surface area contributed by atoms with E-state index in [9.17, 15) is 4.79 Å². The lowest BCUT2D eigenvalue weighted by Gasteiger charge is -2.16. The number of hydrogen-bond acceptors (Lipinski definition) is 4. The molecule has 0 spiro atoms. The number of carbonyl (C=O) groups excluding carboxylic acids is 1. The summed E-state index contributed by atoms with van der Waals surface area (Å²) in [6.45, 7) is 0.930. The van der Waals surface area contributed by atoms with E-state index in [-0.39, 0.29) is 12.3 Å². The van der Waals surface area contributed by atoms with Crippen LogP contribution in [0.5, 0.6) is 0 Å². The van der Waals surface area contributed by atoms with Gasteiger partial charge in [0.2, 0.25) is 5.91 Å². The number of nitrogens with zero attached hydrogens (tertiary/aromatic N) is 3. The minimum absolute atomic E-state index is 0.0480. The number of hydrogen-bond donors (Lipinski definition) is 1. The Morgan fingerprint density at radius 2 is 2.12 bits per heavy atom. The van der Waals surface area contributed by atoms with Crippen molar-refractivity contribution in [1.29, 1.82) is 0 Å². The standard InChI is InChI=1S/C18H18N4OS/c23-17(21-16-11-19-15-8-4-5-9-22(15)16)10-14-12-24-18(20-14)13-6-2-1-3-7-13/h1-3,6-7,11-12H,4-5,8-10H2,(H,21,23). The van der Waals surface area contributed by atoms with E-state index in [2.05, 4.69) is 19.9 Å². The Morgan fingerprint density at radius 1 is 1.25 bits per heavy atom. The van der Waals surface area contributed by atoms with Crippen LogP contribution < -0.4 is 5.32 Å². The molecule has 1 aliphatic heterocycles. The first kappa shape index (κ1) is 15.1. The van der Waals surface area contributed by atoms with Crippen LogP contribution in [-0.2, 0) is 24.2 Å². The highest BCUT2D eigenvalue weighted by Gasteiger charge is 2.16. The fourth-order valence-electron chi connectivity index (χ4n) is 2.97. The third kappa shape index (κ3) is 3.10. The Labute approximate surface area is 144 Å². The third-order valence-corrected chi connectivity index (χ3v) is 5.09. The molecule has 1 aromatic carbocycles. The van der Waals surface area contributed by atoms with Crippen molar-refractivity contribution < 1.29 is 4.79 Å². The molecule has 1 amide bonds. The Balaban J connectivity index is 1.43. The van der Waals surface area contributed by atoms with Crippen molar-refractivity contribution in [2.75, 3.05) is 5.32 Å². The zero-order chi connectivity index (χ0) is 16.4. The molecule has 0 aliphatic carbocycles. The SMILES string of the molecule is O=C(Cc1csc(-c2ccccc2)n1)Nc1cnc2n1CCCC2. The predicted octanol–water partition coefficient (Wildman–Crippen LogP) is 3.52. The molecule has 3 aromatic rings. The molecule has 5 nitrogen and oxygen atoms in total. The lowest BCUT2D eigenvalue weighted by molar-refractivity contribution is -0.115. The molecule has 122 valence electrons. The van der Waals surface area contributed by atoms with Crippen molar-refractivity contribution >= 4 is 23.1 Å². The second kappa shape index (κ2) is 6.57. The van der Waals surface area contributed by atoms with Gasteiger partial charge < -0.3 is 9.88 Å². The van der Waals surface area contributed by atoms with E-state index in [0.717, 1.165) is 47.3 Å². The molecule has 0 atom stereocenters. The normalized spacial score (nSPS) is 13.5. The average Bonchev–Trinajstić information content (AvgIpc) is 3.23. The minimum atomic E-state index is -0.0480. The van der Waals surface area contributed by atoms with Crippen molar-refractivity contribution in [3.05, 3.63) is 53.4 Å². The number of anilines is 1. The highest BCUT2D eigenvalue weighted by molar-refractivity contribution is 7.13. The number of carbonyl (C=O) groups is 1. The summed E-state index contributed by atoms with van der Waals surface area (Å²) in [6.07, 6.45) is 5.34. The van der Waals surface area contributed by atoms with Gasteiger partial charge in [-0.25, -0.2) is 9.97 Å². The van der Waals surface area contributed by atoms with E-state index in [1.54, 1.807) is 17.5 Å². The van der Waals surface area contributed by atoms with Crippen LogP contribution in [0.4, 0.5) is 5.82 Å².